The van der Waals surface area contributed by atoms with E-state index in [2.05, 4.69) is 11.8 Å². The first kappa shape index (κ1) is 24.8. The molecule has 3 aliphatic carbocycles. The predicted molar refractivity (Wildman–Crippen MR) is 139 cm³/mol. The number of carbonyl (C=O) groups is 3. The Morgan fingerprint density at radius 3 is 2.11 bits per heavy atom. The van der Waals surface area contributed by atoms with Crippen molar-refractivity contribution in [3.05, 3.63) is 40.1 Å². The van der Waals surface area contributed by atoms with E-state index in [0.717, 1.165) is 73.6 Å². The fraction of sp³-hybridized carbons (Fsp3) is 0.581. The molecule has 5 heteroatoms. The number of rotatable bonds is 4. The lowest BCUT2D eigenvalue weighted by Crippen LogP contribution is -2.48. The third-order valence-corrected chi connectivity index (χ3v) is 8.93. The van der Waals surface area contributed by atoms with Gasteiger partial charge in [-0.05, 0) is 93.5 Å². The molecular formula is C31H37NO4. The maximum absolute atomic E-state index is 13.8. The number of amides is 1. The highest BCUT2D eigenvalue weighted by Crippen LogP contribution is 2.49. The van der Waals surface area contributed by atoms with Crippen LogP contribution in [-0.2, 0) is 19.1 Å². The summed E-state index contributed by atoms with van der Waals surface area (Å²) in [4.78, 5) is 41.6. The predicted octanol–water partition coefficient (Wildman–Crippen LogP) is 5.50. The summed E-state index contributed by atoms with van der Waals surface area (Å²) in [5.74, 6) is 6.88. The topological polar surface area (TPSA) is 63.7 Å². The number of aryl methyl sites for hydroxylation is 2. The van der Waals surface area contributed by atoms with Gasteiger partial charge in [0, 0.05) is 37.4 Å². The van der Waals surface area contributed by atoms with Gasteiger partial charge in [0.05, 0.1) is 11.5 Å². The van der Waals surface area contributed by atoms with Crippen LogP contribution in [0.3, 0.4) is 0 Å². The summed E-state index contributed by atoms with van der Waals surface area (Å²) in [6, 6.07) is 4.03. The molecule has 5 nitrogen and oxygen atoms in total. The molecule has 1 saturated heterocycles. The van der Waals surface area contributed by atoms with Crippen LogP contribution in [-0.4, -0.2) is 35.6 Å². The van der Waals surface area contributed by atoms with Crippen LogP contribution in [0, 0.1) is 42.9 Å². The van der Waals surface area contributed by atoms with E-state index in [1.807, 2.05) is 37.8 Å². The van der Waals surface area contributed by atoms with Gasteiger partial charge in [0.2, 0.25) is 5.91 Å². The van der Waals surface area contributed by atoms with E-state index in [0.29, 0.717) is 37.3 Å². The average molecular weight is 488 g/mol. The largest absolute Gasteiger partial charge is 0.430 e. The van der Waals surface area contributed by atoms with Crippen LogP contribution in [0.15, 0.2) is 17.9 Å². The van der Waals surface area contributed by atoms with Crippen molar-refractivity contribution in [2.75, 3.05) is 13.1 Å². The number of hydrogen-bond acceptors (Lipinski definition) is 4. The molecule has 0 bridgehead atoms. The van der Waals surface area contributed by atoms with Crippen LogP contribution in [0.5, 0.6) is 0 Å². The van der Waals surface area contributed by atoms with Crippen molar-refractivity contribution in [1.29, 1.82) is 0 Å². The minimum atomic E-state index is -0.248. The van der Waals surface area contributed by atoms with Gasteiger partial charge in [-0.15, -0.1) is 5.92 Å². The van der Waals surface area contributed by atoms with Crippen molar-refractivity contribution in [3.8, 4) is 11.8 Å². The van der Waals surface area contributed by atoms with Crippen LogP contribution in [0.2, 0.25) is 0 Å². The summed E-state index contributed by atoms with van der Waals surface area (Å²) >= 11 is 0. The lowest BCUT2D eigenvalue weighted by molar-refractivity contribution is -0.148. The molecule has 0 radical (unpaired) electrons. The van der Waals surface area contributed by atoms with E-state index in [-0.39, 0.29) is 34.9 Å². The van der Waals surface area contributed by atoms with Gasteiger partial charge >= 0.3 is 5.97 Å². The number of likely N-dealkylation sites (tertiary alicyclic amines) is 1. The number of piperidine rings is 1. The summed E-state index contributed by atoms with van der Waals surface area (Å²) in [6.45, 7) is 7.19. The first-order valence-electron chi connectivity index (χ1n) is 13.6. The Morgan fingerprint density at radius 2 is 1.58 bits per heavy atom. The van der Waals surface area contributed by atoms with Gasteiger partial charge in [0.25, 0.3) is 0 Å². The van der Waals surface area contributed by atoms with Crippen LogP contribution in [0.1, 0.15) is 93.4 Å². The van der Waals surface area contributed by atoms with Crippen molar-refractivity contribution < 1.29 is 19.1 Å². The van der Waals surface area contributed by atoms with E-state index in [1.165, 1.54) is 0 Å². The fourth-order valence-corrected chi connectivity index (χ4v) is 6.33. The molecule has 190 valence electrons. The van der Waals surface area contributed by atoms with Gasteiger partial charge in [0.15, 0.2) is 5.78 Å². The molecule has 1 aliphatic heterocycles. The third-order valence-electron chi connectivity index (χ3n) is 8.93. The standard InChI is InChI=1S/C31H37NO4/c1-4-7-22-16-20(2)27(21(3)17-22)28-25(33)18-31(19-26(28)36-30(35)24-10-6-11-24)12-14-32(15-13-31)29(34)23-8-5-9-23/h16-17,23-24H,5-6,8-15,18-19H2,1-3H3. The molecule has 0 unspecified atom stereocenters. The number of ether oxygens (including phenoxy) is 1. The Morgan fingerprint density at radius 1 is 0.972 bits per heavy atom. The molecule has 0 N–H and O–H groups in total. The maximum atomic E-state index is 13.8. The Bertz CT molecular complexity index is 1160. The quantitative estimate of drug-likeness (QED) is 0.416. The fourth-order valence-electron chi connectivity index (χ4n) is 6.33. The average Bonchev–Trinajstić information content (AvgIpc) is 2.73. The van der Waals surface area contributed by atoms with Crippen molar-refractivity contribution >= 4 is 23.2 Å². The molecule has 1 aromatic carbocycles. The summed E-state index contributed by atoms with van der Waals surface area (Å²) < 4.78 is 6.10. The Balaban J connectivity index is 1.46. The number of hydrogen-bond donors (Lipinski definition) is 0. The van der Waals surface area contributed by atoms with Crippen LogP contribution in [0.4, 0.5) is 0 Å². The minimum absolute atomic E-state index is 0.0527. The second-order valence-corrected chi connectivity index (χ2v) is 11.4. The van der Waals surface area contributed by atoms with Gasteiger partial charge < -0.3 is 9.64 Å². The molecule has 0 aromatic heterocycles. The van der Waals surface area contributed by atoms with Crippen molar-refractivity contribution in [1.82, 2.24) is 4.90 Å². The normalized spacial score (nSPS) is 22.0. The Kier molecular flexibility index (Phi) is 6.81. The zero-order valence-electron chi connectivity index (χ0n) is 21.9. The lowest BCUT2D eigenvalue weighted by Gasteiger charge is -2.45. The monoisotopic (exact) mass is 487 g/mol. The SMILES string of the molecule is CC#Cc1cc(C)c(C2=C(OC(=O)C3CCC3)CC3(CCN(C(=O)C4CCC4)CC3)CC2=O)c(C)c1. The highest BCUT2D eigenvalue weighted by molar-refractivity contribution is 6.23. The number of esters is 1. The van der Waals surface area contributed by atoms with E-state index in [1.54, 1.807) is 0 Å². The molecule has 1 aromatic rings. The van der Waals surface area contributed by atoms with E-state index in [9.17, 15) is 14.4 Å². The van der Waals surface area contributed by atoms with Gasteiger partial charge in [0.1, 0.15) is 5.76 Å². The van der Waals surface area contributed by atoms with Crippen LogP contribution in [0.25, 0.3) is 5.57 Å². The number of benzene rings is 1. The van der Waals surface area contributed by atoms with E-state index < -0.39 is 0 Å². The van der Waals surface area contributed by atoms with Crippen molar-refractivity contribution in [2.45, 2.75) is 85.0 Å². The zero-order valence-corrected chi connectivity index (χ0v) is 21.9. The van der Waals surface area contributed by atoms with Crippen LogP contribution >= 0.6 is 0 Å². The number of allylic oxidation sites excluding steroid dienone is 2. The molecule has 3 fully saturated rings. The number of Topliss-reactive ketones (excluding diaryl/α,β-unsaturated/α-hetero) is 1. The minimum Gasteiger partial charge on any atom is -0.430 e. The second kappa shape index (κ2) is 9.88. The molecule has 5 rings (SSSR count). The highest BCUT2D eigenvalue weighted by atomic mass is 16.5. The second-order valence-electron chi connectivity index (χ2n) is 11.4. The summed E-state index contributed by atoms with van der Waals surface area (Å²) in [7, 11) is 0. The lowest BCUT2D eigenvalue weighted by atomic mass is 9.66. The molecule has 0 atom stereocenters. The number of carbonyl (C=O) groups excluding carboxylic acids is 3. The third kappa shape index (κ3) is 4.63. The number of ketones is 1. The first-order valence-corrected chi connectivity index (χ1v) is 13.6. The van der Waals surface area contributed by atoms with Crippen molar-refractivity contribution in [2.24, 2.45) is 17.3 Å². The molecule has 2 saturated carbocycles. The van der Waals surface area contributed by atoms with E-state index in [4.69, 9.17) is 4.74 Å². The molecule has 4 aliphatic rings. The van der Waals surface area contributed by atoms with Gasteiger partial charge in [-0.3, -0.25) is 14.4 Å². The smallest absolute Gasteiger partial charge is 0.314 e. The summed E-state index contributed by atoms with van der Waals surface area (Å²) in [6.07, 6.45) is 8.51. The molecule has 1 heterocycles. The van der Waals surface area contributed by atoms with Crippen molar-refractivity contribution in [3.63, 3.8) is 0 Å². The molecule has 1 amide bonds. The molecule has 1 spiro atoms. The first-order chi connectivity index (χ1) is 17.3. The maximum Gasteiger partial charge on any atom is 0.314 e. The van der Waals surface area contributed by atoms with Gasteiger partial charge in [-0.25, -0.2) is 0 Å². The number of nitrogens with zero attached hydrogens (tertiary/aromatic N) is 1. The Labute approximate surface area is 214 Å². The summed E-state index contributed by atoms with van der Waals surface area (Å²) in [5.41, 5.74) is 4.09. The molecule has 36 heavy (non-hydrogen) atoms. The van der Waals surface area contributed by atoms with Crippen LogP contribution < -0.4 is 0 Å². The zero-order chi connectivity index (χ0) is 25.4. The molecular weight excluding hydrogens is 450 g/mol. The van der Waals surface area contributed by atoms with Gasteiger partial charge in [-0.1, -0.05) is 18.8 Å². The van der Waals surface area contributed by atoms with Gasteiger partial charge in [-0.2, -0.15) is 0 Å². The van der Waals surface area contributed by atoms with E-state index >= 15 is 0 Å². The highest BCUT2D eigenvalue weighted by Gasteiger charge is 2.46. The summed E-state index contributed by atoms with van der Waals surface area (Å²) in [5, 5.41) is 0. The Hall–Kier alpha value is -2.87.